The second-order valence-corrected chi connectivity index (χ2v) is 14.2. The maximum Gasteiger partial charge on any atom is 0.0594 e. The largest absolute Gasteiger partial charge is 0.393 e. The van der Waals surface area contributed by atoms with Crippen molar-refractivity contribution in [2.24, 2.45) is 50.7 Å². The van der Waals surface area contributed by atoms with Gasteiger partial charge in [-0.2, -0.15) is 0 Å². The molecule has 0 unspecified atom stereocenters. The van der Waals surface area contributed by atoms with E-state index in [1.807, 2.05) is 5.57 Å². The predicted molar refractivity (Wildman–Crippen MR) is 131 cm³/mol. The van der Waals surface area contributed by atoms with E-state index in [1.54, 1.807) is 0 Å². The van der Waals surface area contributed by atoms with Gasteiger partial charge in [-0.25, -0.2) is 0 Å². The number of rotatable bonds is 0. The first-order valence-electron chi connectivity index (χ1n) is 13.4. The number of aliphatic hydroxyl groups excluding tert-OH is 1. The lowest BCUT2D eigenvalue weighted by Gasteiger charge is -2.71. The van der Waals surface area contributed by atoms with Crippen molar-refractivity contribution in [3.05, 3.63) is 23.8 Å². The van der Waals surface area contributed by atoms with Crippen LogP contribution in [0.25, 0.3) is 0 Å². The Morgan fingerprint density at radius 2 is 1.61 bits per heavy atom. The minimum atomic E-state index is -0.135. The molecule has 0 aromatic rings. The SMILES string of the molecule is C=C1CC[C@]2(C)CC[C@]3(C)C(=CC[C@@H]4[C@@]5(C)CC[C@H](O)C(C)(C)[C@@H]5CC[C@]43C)[C@H]2[C@H]1C. The maximum atomic E-state index is 10.9. The number of aliphatic hydroxyl groups is 1. The minimum absolute atomic E-state index is 0.0417. The molecule has 4 saturated carbocycles. The predicted octanol–water partition coefficient (Wildman–Crippen LogP) is 7.94. The number of hydrogen-bond donors (Lipinski definition) is 1. The van der Waals surface area contributed by atoms with Crippen molar-refractivity contribution in [2.75, 3.05) is 0 Å². The highest BCUT2D eigenvalue weighted by atomic mass is 16.3. The summed E-state index contributed by atoms with van der Waals surface area (Å²) >= 11 is 0. The van der Waals surface area contributed by atoms with Crippen LogP contribution in [0.4, 0.5) is 0 Å². The molecule has 0 spiro atoms. The van der Waals surface area contributed by atoms with Gasteiger partial charge in [-0.1, -0.05) is 72.3 Å². The molecular weight excluding hydrogens is 376 g/mol. The molecule has 0 aromatic carbocycles. The first-order chi connectivity index (χ1) is 14.3. The van der Waals surface area contributed by atoms with E-state index in [4.69, 9.17) is 0 Å². The van der Waals surface area contributed by atoms with E-state index >= 15 is 0 Å². The second kappa shape index (κ2) is 6.52. The Hall–Kier alpha value is -0.560. The molecule has 0 bridgehead atoms. The smallest absolute Gasteiger partial charge is 0.0594 e. The quantitative estimate of drug-likeness (QED) is 0.391. The third-order valence-electron chi connectivity index (χ3n) is 12.9. The van der Waals surface area contributed by atoms with Gasteiger partial charge in [0.05, 0.1) is 6.10 Å². The Kier molecular flexibility index (Phi) is 4.68. The lowest BCUT2D eigenvalue weighted by atomic mass is 9.33. The fourth-order valence-corrected chi connectivity index (χ4v) is 10.6. The summed E-state index contributed by atoms with van der Waals surface area (Å²) in [6.07, 6.45) is 14.0. The van der Waals surface area contributed by atoms with Gasteiger partial charge in [0.25, 0.3) is 0 Å². The van der Waals surface area contributed by atoms with Crippen molar-refractivity contribution in [3.63, 3.8) is 0 Å². The number of fused-ring (bicyclic) bond motifs is 7. The zero-order chi connectivity index (χ0) is 22.6. The van der Waals surface area contributed by atoms with E-state index in [2.05, 4.69) is 61.1 Å². The molecule has 1 nitrogen and oxygen atoms in total. The summed E-state index contributed by atoms with van der Waals surface area (Å²) in [7, 11) is 0. The average molecular weight is 425 g/mol. The molecule has 0 radical (unpaired) electrons. The highest BCUT2D eigenvalue weighted by Gasteiger charge is 2.67. The molecule has 174 valence electrons. The lowest BCUT2D eigenvalue weighted by Crippen LogP contribution is -2.64. The molecule has 4 fully saturated rings. The first-order valence-corrected chi connectivity index (χ1v) is 13.4. The second-order valence-electron chi connectivity index (χ2n) is 14.2. The molecule has 31 heavy (non-hydrogen) atoms. The number of hydrogen-bond acceptors (Lipinski definition) is 1. The summed E-state index contributed by atoms with van der Waals surface area (Å²) in [6.45, 7) is 22.3. The zero-order valence-corrected chi connectivity index (χ0v) is 21.5. The van der Waals surface area contributed by atoms with Crippen LogP contribution in [0.3, 0.4) is 0 Å². The minimum Gasteiger partial charge on any atom is -0.393 e. The third-order valence-corrected chi connectivity index (χ3v) is 12.9. The fraction of sp³-hybridized carbons (Fsp3) is 0.867. The molecule has 5 rings (SSSR count). The van der Waals surface area contributed by atoms with Crippen molar-refractivity contribution in [1.82, 2.24) is 0 Å². The summed E-state index contributed by atoms with van der Waals surface area (Å²) in [4.78, 5) is 0. The maximum absolute atomic E-state index is 10.9. The van der Waals surface area contributed by atoms with Gasteiger partial charge in [0.15, 0.2) is 0 Å². The van der Waals surface area contributed by atoms with Crippen LogP contribution in [0.1, 0.15) is 106 Å². The van der Waals surface area contributed by atoms with Crippen LogP contribution >= 0.6 is 0 Å². The van der Waals surface area contributed by atoms with Crippen LogP contribution in [0.2, 0.25) is 0 Å². The van der Waals surface area contributed by atoms with Gasteiger partial charge < -0.3 is 5.11 Å². The molecule has 0 aromatic heterocycles. The monoisotopic (exact) mass is 424 g/mol. The van der Waals surface area contributed by atoms with Crippen LogP contribution < -0.4 is 0 Å². The van der Waals surface area contributed by atoms with Gasteiger partial charge in [-0.15, -0.1) is 0 Å². The molecule has 0 aliphatic heterocycles. The summed E-state index contributed by atoms with van der Waals surface area (Å²) in [5.74, 6) is 2.70. The molecule has 1 heteroatoms. The van der Waals surface area contributed by atoms with Gasteiger partial charge in [0.2, 0.25) is 0 Å². The van der Waals surface area contributed by atoms with Crippen molar-refractivity contribution in [3.8, 4) is 0 Å². The molecule has 5 aliphatic rings. The third kappa shape index (κ3) is 2.59. The Balaban J connectivity index is 1.60. The van der Waals surface area contributed by atoms with Crippen LogP contribution in [0, 0.1) is 50.7 Å². The zero-order valence-electron chi connectivity index (χ0n) is 21.5. The molecule has 5 aliphatic carbocycles. The summed E-state index contributed by atoms with van der Waals surface area (Å²) < 4.78 is 0. The van der Waals surface area contributed by atoms with E-state index in [9.17, 15) is 5.11 Å². The summed E-state index contributed by atoms with van der Waals surface area (Å²) in [5, 5.41) is 10.9. The van der Waals surface area contributed by atoms with Crippen molar-refractivity contribution in [2.45, 2.75) is 112 Å². The molecular formula is C30H48O. The standard InChI is InChI=1S/C30H48O/c1-19-11-14-27(5)17-18-29(7)21(25(27)20(19)2)9-10-23-28(6)15-13-24(31)26(3,4)22(28)12-16-30(23,29)8/h9,20,22-25,31H,1,10-18H2,2-8H3/t20-,22-,23+,24-,25+,27+,28-,29+,30+/m0/s1. The average Bonchev–Trinajstić information content (AvgIpc) is 2.69. The van der Waals surface area contributed by atoms with Crippen molar-refractivity contribution in [1.29, 1.82) is 0 Å². The molecule has 1 N–H and O–H groups in total. The van der Waals surface area contributed by atoms with Crippen LogP contribution in [-0.4, -0.2) is 11.2 Å². The van der Waals surface area contributed by atoms with Crippen molar-refractivity contribution < 1.29 is 5.11 Å². The lowest BCUT2D eigenvalue weighted by molar-refractivity contribution is -0.202. The molecule has 0 amide bonds. The molecule has 0 heterocycles. The normalized spacial score (nSPS) is 55.9. The Labute approximate surface area is 192 Å². The number of allylic oxidation sites excluding steroid dienone is 3. The first kappa shape index (κ1) is 22.2. The van der Waals surface area contributed by atoms with E-state index in [-0.39, 0.29) is 11.5 Å². The van der Waals surface area contributed by atoms with E-state index in [0.717, 1.165) is 12.3 Å². The Morgan fingerprint density at radius 1 is 0.903 bits per heavy atom. The Bertz CT molecular complexity index is 820. The van der Waals surface area contributed by atoms with Crippen LogP contribution in [-0.2, 0) is 0 Å². The summed E-state index contributed by atoms with van der Waals surface area (Å²) in [6, 6.07) is 0. The van der Waals surface area contributed by atoms with E-state index < -0.39 is 0 Å². The summed E-state index contributed by atoms with van der Waals surface area (Å²) in [5.41, 5.74) is 4.88. The van der Waals surface area contributed by atoms with E-state index in [1.165, 1.54) is 56.9 Å². The van der Waals surface area contributed by atoms with Crippen molar-refractivity contribution >= 4 is 0 Å². The van der Waals surface area contributed by atoms with E-state index in [0.29, 0.717) is 39.4 Å². The molecule has 0 saturated heterocycles. The van der Waals surface area contributed by atoms with Gasteiger partial charge in [-0.3, -0.25) is 0 Å². The fourth-order valence-electron chi connectivity index (χ4n) is 10.6. The van der Waals surface area contributed by atoms with Gasteiger partial charge in [-0.05, 0) is 109 Å². The topological polar surface area (TPSA) is 20.2 Å². The van der Waals surface area contributed by atoms with Gasteiger partial charge >= 0.3 is 0 Å². The highest BCUT2D eigenvalue weighted by Crippen LogP contribution is 2.75. The van der Waals surface area contributed by atoms with Crippen LogP contribution in [0.5, 0.6) is 0 Å². The highest BCUT2D eigenvalue weighted by molar-refractivity contribution is 5.35. The molecule has 9 atom stereocenters. The van der Waals surface area contributed by atoms with Gasteiger partial charge in [0, 0.05) is 0 Å². The van der Waals surface area contributed by atoms with Gasteiger partial charge in [0.1, 0.15) is 0 Å². The Morgan fingerprint density at radius 3 is 2.32 bits per heavy atom. The van der Waals surface area contributed by atoms with Crippen LogP contribution in [0.15, 0.2) is 23.8 Å².